The van der Waals surface area contributed by atoms with Crippen molar-refractivity contribution in [3.8, 4) is 0 Å². The van der Waals surface area contributed by atoms with Crippen LogP contribution in [0, 0.1) is 0 Å². The Morgan fingerprint density at radius 3 is 2.69 bits per heavy atom. The van der Waals surface area contributed by atoms with Gasteiger partial charge in [-0.05, 0) is 24.5 Å². The van der Waals surface area contributed by atoms with E-state index in [4.69, 9.17) is 0 Å². The van der Waals surface area contributed by atoms with Gasteiger partial charge < -0.3 is 0 Å². The summed E-state index contributed by atoms with van der Waals surface area (Å²) < 4.78 is 36.4. The SMILES string of the molecule is CC1c2ccccc2CCN1OC(F)(F)F. The zero-order chi connectivity index (χ0) is 11.8. The molecule has 1 aliphatic rings. The molecule has 0 fully saturated rings. The number of halogens is 3. The molecule has 16 heavy (non-hydrogen) atoms. The van der Waals surface area contributed by atoms with Crippen molar-refractivity contribution < 1.29 is 18.0 Å². The van der Waals surface area contributed by atoms with Gasteiger partial charge in [-0.3, -0.25) is 0 Å². The van der Waals surface area contributed by atoms with Gasteiger partial charge in [0.1, 0.15) is 0 Å². The monoisotopic (exact) mass is 231 g/mol. The lowest BCUT2D eigenvalue weighted by atomic mass is 9.95. The lowest BCUT2D eigenvalue weighted by Gasteiger charge is -2.34. The van der Waals surface area contributed by atoms with Crippen molar-refractivity contribution in [2.45, 2.75) is 25.7 Å². The Bertz CT molecular complexity index is 378. The molecule has 1 aromatic carbocycles. The van der Waals surface area contributed by atoms with Crippen LogP contribution in [0.5, 0.6) is 0 Å². The highest BCUT2D eigenvalue weighted by Gasteiger charge is 2.37. The Morgan fingerprint density at radius 2 is 2.00 bits per heavy atom. The Hall–Kier alpha value is -1.07. The van der Waals surface area contributed by atoms with E-state index in [1.54, 1.807) is 6.92 Å². The number of rotatable bonds is 1. The Balaban J connectivity index is 2.18. The van der Waals surface area contributed by atoms with E-state index < -0.39 is 6.36 Å². The molecule has 2 rings (SSSR count). The van der Waals surface area contributed by atoms with Crippen LogP contribution in [0.4, 0.5) is 13.2 Å². The van der Waals surface area contributed by atoms with Crippen LogP contribution in [0.1, 0.15) is 24.1 Å². The topological polar surface area (TPSA) is 12.5 Å². The first-order valence-corrected chi connectivity index (χ1v) is 5.08. The Kier molecular flexibility index (Phi) is 2.90. The summed E-state index contributed by atoms with van der Waals surface area (Å²) >= 11 is 0. The molecule has 0 saturated heterocycles. The number of nitrogens with zero attached hydrogens (tertiary/aromatic N) is 1. The molecule has 0 aromatic heterocycles. The van der Waals surface area contributed by atoms with Gasteiger partial charge in [-0.1, -0.05) is 24.3 Å². The average Bonchev–Trinajstić information content (AvgIpc) is 2.21. The molecule has 5 heteroatoms. The van der Waals surface area contributed by atoms with E-state index in [0.29, 0.717) is 6.42 Å². The van der Waals surface area contributed by atoms with Crippen molar-refractivity contribution >= 4 is 0 Å². The lowest BCUT2D eigenvalue weighted by Crippen LogP contribution is -2.38. The summed E-state index contributed by atoms with van der Waals surface area (Å²) in [6.07, 6.45) is -4.03. The van der Waals surface area contributed by atoms with E-state index in [1.165, 1.54) is 0 Å². The molecular formula is C11H12F3NO. The third-order valence-corrected chi connectivity index (χ3v) is 2.76. The predicted octanol–water partition coefficient (Wildman–Crippen LogP) is 3.06. The van der Waals surface area contributed by atoms with Crippen LogP contribution in [-0.4, -0.2) is 18.0 Å². The van der Waals surface area contributed by atoms with Gasteiger partial charge in [-0.2, -0.15) is 9.90 Å². The zero-order valence-electron chi connectivity index (χ0n) is 8.79. The van der Waals surface area contributed by atoms with Gasteiger partial charge in [0.05, 0.1) is 6.04 Å². The van der Waals surface area contributed by atoms with Gasteiger partial charge in [0.2, 0.25) is 0 Å². The van der Waals surface area contributed by atoms with Gasteiger partial charge >= 0.3 is 6.36 Å². The third-order valence-electron chi connectivity index (χ3n) is 2.76. The normalized spacial score (nSPS) is 21.9. The molecule has 0 aliphatic carbocycles. The number of alkyl halides is 3. The summed E-state index contributed by atoms with van der Waals surface area (Å²) in [7, 11) is 0. The molecule has 1 atom stereocenters. The van der Waals surface area contributed by atoms with Crippen LogP contribution in [0.3, 0.4) is 0 Å². The molecule has 0 saturated carbocycles. The van der Waals surface area contributed by atoms with E-state index in [0.717, 1.165) is 16.2 Å². The van der Waals surface area contributed by atoms with Gasteiger partial charge in [0, 0.05) is 6.54 Å². The largest absolute Gasteiger partial charge is 0.539 e. The van der Waals surface area contributed by atoms with Crippen molar-refractivity contribution in [3.63, 3.8) is 0 Å². The lowest BCUT2D eigenvalue weighted by molar-refractivity contribution is -0.423. The third kappa shape index (κ3) is 2.36. The minimum atomic E-state index is -4.61. The minimum Gasteiger partial charge on any atom is -0.200 e. The van der Waals surface area contributed by atoms with E-state index in [9.17, 15) is 13.2 Å². The summed E-state index contributed by atoms with van der Waals surface area (Å²) in [5.74, 6) is 0. The average molecular weight is 231 g/mol. The van der Waals surface area contributed by atoms with Crippen molar-refractivity contribution in [3.05, 3.63) is 35.4 Å². The smallest absolute Gasteiger partial charge is 0.200 e. The van der Waals surface area contributed by atoms with Crippen LogP contribution < -0.4 is 0 Å². The van der Waals surface area contributed by atoms with Gasteiger partial charge in [0.25, 0.3) is 0 Å². The first-order valence-electron chi connectivity index (χ1n) is 5.08. The Labute approximate surface area is 91.6 Å². The molecule has 1 heterocycles. The van der Waals surface area contributed by atoms with Crippen LogP contribution in [0.2, 0.25) is 0 Å². The second-order valence-corrected chi connectivity index (χ2v) is 3.80. The highest BCUT2D eigenvalue weighted by Crippen LogP contribution is 2.32. The molecule has 1 unspecified atom stereocenters. The molecule has 0 radical (unpaired) electrons. The Morgan fingerprint density at radius 1 is 1.31 bits per heavy atom. The fraction of sp³-hybridized carbons (Fsp3) is 0.455. The standard InChI is InChI=1S/C11H12F3NO/c1-8-10-5-3-2-4-9(10)6-7-15(8)16-11(12,13)14/h2-5,8H,6-7H2,1H3. The number of fused-ring (bicyclic) bond motifs is 1. The summed E-state index contributed by atoms with van der Waals surface area (Å²) in [5.41, 5.74) is 2.00. The number of hydroxylamine groups is 2. The summed E-state index contributed by atoms with van der Waals surface area (Å²) in [5, 5.41) is 0.988. The molecular weight excluding hydrogens is 219 g/mol. The van der Waals surface area contributed by atoms with Gasteiger partial charge in [0.15, 0.2) is 0 Å². The molecule has 1 aromatic rings. The highest BCUT2D eigenvalue weighted by atomic mass is 19.4. The second-order valence-electron chi connectivity index (χ2n) is 3.80. The number of hydrogen-bond acceptors (Lipinski definition) is 2. The van der Waals surface area contributed by atoms with Crippen LogP contribution in [-0.2, 0) is 11.3 Å². The van der Waals surface area contributed by atoms with Crippen molar-refractivity contribution in [2.24, 2.45) is 0 Å². The molecule has 0 spiro atoms. The van der Waals surface area contributed by atoms with Crippen molar-refractivity contribution in [1.29, 1.82) is 0 Å². The quantitative estimate of drug-likeness (QED) is 0.736. The molecule has 2 nitrogen and oxygen atoms in total. The van der Waals surface area contributed by atoms with E-state index in [-0.39, 0.29) is 12.6 Å². The van der Waals surface area contributed by atoms with Gasteiger partial charge in [-0.15, -0.1) is 13.2 Å². The van der Waals surface area contributed by atoms with Crippen molar-refractivity contribution in [2.75, 3.05) is 6.54 Å². The predicted molar refractivity (Wildman–Crippen MR) is 52.4 cm³/mol. The maximum Gasteiger partial charge on any atom is 0.539 e. The number of hydrogen-bond donors (Lipinski definition) is 0. The van der Waals surface area contributed by atoms with Crippen LogP contribution in [0.25, 0.3) is 0 Å². The maximum absolute atomic E-state index is 12.1. The fourth-order valence-electron chi connectivity index (χ4n) is 2.01. The zero-order valence-corrected chi connectivity index (χ0v) is 8.79. The van der Waals surface area contributed by atoms with E-state index in [2.05, 4.69) is 4.84 Å². The molecule has 1 aliphatic heterocycles. The first kappa shape index (κ1) is 11.4. The molecule has 0 N–H and O–H groups in total. The van der Waals surface area contributed by atoms with E-state index >= 15 is 0 Å². The maximum atomic E-state index is 12.1. The molecule has 88 valence electrons. The molecule has 0 amide bonds. The van der Waals surface area contributed by atoms with Crippen molar-refractivity contribution in [1.82, 2.24) is 5.06 Å². The number of benzene rings is 1. The first-order chi connectivity index (χ1) is 7.47. The minimum absolute atomic E-state index is 0.262. The van der Waals surface area contributed by atoms with Gasteiger partial charge in [-0.25, -0.2) is 0 Å². The summed E-state index contributed by atoms with van der Waals surface area (Å²) in [6.45, 7) is 1.97. The highest BCUT2D eigenvalue weighted by molar-refractivity contribution is 5.31. The second kappa shape index (κ2) is 4.07. The van der Waals surface area contributed by atoms with Crippen LogP contribution >= 0.6 is 0 Å². The summed E-state index contributed by atoms with van der Waals surface area (Å²) in [4.78, 5) is 3.98. The van der Waals surface area contributed by atoms with Crippen LogP contribution in [0.15, 0.2) is 24.3 Å². The summed E-state index contributed by atoms with van der Waals surface area (Å²) in [6, 6.07) is 7.13. The van der Waals surface area contributed by atoms with E-state index in [1.807, 2.05) is 24.3 Å². The fourth-order valence-corrected chi connectivity index (χ4v) is 2.01. The molecule has 0 bridgehead atoms.